The van der Waals surface area contributed by atoms with Crippen molar-refractivity contribution in [1.29, 1.82) is 0 Å². The third kappa shape index (κ3) is 3.33. The summed E-state index contributed by atoms with van der Waals surface area (Å²) in [6, 6.07) is 0. The molecule has 0 spiro atoms. The largest absolute Gasteiger partial charge is 0.406 e. The number of rotatable bonds is 5. The Bertz CT molecular complexity index is 248. The molecule has 2 fully saturated rings. The number of hydrogen-bond donors (Lipinski definition) is 2. The minimum atomic E-state index is -4.12. The van der Waals surface area contributed by atoms with Crippen LogP contribution in [0.15, 0.2) is 0 Å². The predicted octanol–water partition coefficient (Wildman–Crippen LogP) is 1.44. The third-order valence-corrected chi connectivity index (χ3v) is 3.50. The third-order valence-electron chi connectivity index (χ3n) is 3.50. The van der Waals surface area contributed by atoms with Crippen molar-refractivity contribution < 1.29 is 17.9 Å². The molecule has 1 saturated heterocycles. The maximum Gasteiger partial charge on any atom is 0.406 e. The minimum Gasteiger partial charge on any atom is -0.377 e. The highest BCUT2D eigenvalue weighted by molar-refractivity contribution is 5.07. The molecule has 1 aliphatic carbocycles. The van der Waals surface area contributed by atoms with Gasteiger partial charge in [-0.1, -0.05) is 0 Å². The van der Waals surface area contributed by atoms with E-state index in [1.54, 1.807) is 0 Å². The van der Waals surface area contributed by atoms with E-state index in [0.717, 1.165) is 25.9 Å². The molecule has 0 amide bonds. The second-order valence-electron chi connectivity index (χ2n) is 4.83. The SMILES string of the molecule is FC(F)(F)C1(NCCOC2CCNCC2)CC1. The lowest BCUT2D eigenvalue weighted by molar-refractivity contribution is -0.166. The van der Waals surface area contributed by atoms with Crippen LogP contribution >= 0.6 is 0 Å². The molecular formula is C11H19F3N2O. The van der Waals surface area contributed by atoms with Gasteiger partial charge in [-0.2, -0.15) is 13.2 Å². The first-order valence-corrected chi connectivity index (χ1v) is 6.18. The summed E-state index contributed by atoms with van der Waals surface area (Å²) in [6.07, 6.45) is -1.62. The summed E-state index contributed by atoms with van der Waals surface area (Å²) in [5.74, 6) is 0. The average molecular weight is 252 g/mol. The zero-order valence-electron chi connectivity index (χ0n) is 9.78. The fraction of sp³-hybridized carbons (Fsp3) is 1.00. The Balaban J connectivity index is 1.60. The molecule has 2 rings (SSSR count). The van der Waals surface area contributed by atoms with Crippen LogP contribution in [0.1, 0.15) is 25.7 Å². The van der Waals surface area contributed by atoms with E-state index in [2.05, 4.69) is 10.6 Å². The zero-order chi connectivity index (χ0) is 12.4. The van der Waals surface area contributed by atoms with Gasteiger partial charge in [-0.25, -0.2) is 0 Å². The summed E-state index contributed by atoms with van der Waals surface area (Å²) in [7, 11) is 0. The van der Waals surface area contributed by atoms with Gasteiger partial charge in [0, 0.05) is 6.54 Å². The second kappa shape index (κ2) is 5.12. The van der Waals surface area contributed by atoms with E-state index < -0.39 is 11.7 Å². The van der Waals surface area contributed by atoms with E-state index in [1.165, 1.54) is 0 Å². The Morgan fingerprint density at radius 2 is 1.88 bits per heavy atom. The maximum absolute atomic E-state index is 12.6. The van der Waals surface area contributed by atoms with E-state index in [9.17, 15) is 13.2 Å². The smallest absolute Gasteiger partial charge is 0.377 e. The normalized spacial score (nSPS) is 24.9. The molecule has 0 radical (unpaired) electrons. The highest BCUT2D eigenvalue weighted by atomic mass is 19.4. The molecule has 1 saturated carbocycles. The van der Waals surface area contributed by atoms with Gasteiger partial charge < -0.3 is 15.4 Å². The van der Waals surface area contributed by atoms with E-state index >= 15 is 0 Å². The van der Waals surface area contributed by atoms with E-state index in [-0.39, 0.29) is 25.5 Å². The topological polar surface area (TPSA) is 33.3 Å². The first kappa shape index (κ1) is 13.1. The van der Waals surface area contributed by atoms with Gasteiger partial charge in [-0.05, 0) is 38.8 Å². The van der Waals surface area contributed by atoms with Gasteiger partial charge in [-0.3, -0.25) is 0 Å². The summed E-state index contributed by atoms with van der Waals surface area (Å²) in [5.41, 5.74) is -1.61. The monoisotopic (exact) mass is 252 g/mol. The standard InChI is InChI=1S/C11H19F3N2O/c12-11(13,14)10(3-4-10)16-7-8-17-9-1-5-15-6-2-9/h9,15-16H,1-8H2. The van der Waals surface area contributed by atoms with Crippen molar-refractivity contribution in [2.24, 2.45) is 0 Å². The van der Waals surface area contributed by atoms with Gasteiger partial charge in [0.05, 0.1) is 12.7 Å². The predicted molar refractivity (Wildman–Crippen MR) is 57.9 cm³/mol. The molecule has 0 aromatic heterocycles. The van der Waals surface area contributed by atoms with Gasteiger partial charge >= 0.3 is 6.18 Å². The highest BCUT2D eigenvalue weighted by Crippen LogP contribution is 2.48. The molecule has 0 atom stereocenters. The fourth-order valence-corrected chi connectivity index (χ4v) is 2.16. The Hall–Kier alpha value is -0.330. The zero-order valence-corrected chi connectivity index (χ0v) is 9.78. The number of halogens is 3. The number of alkyl halides is 3. The van der Waals surface area contributed by atoms with Crippen LogP contribution in [0.25, 0.3) is 0 Å². The minimum absolute atomic E-state index is 0.198. The van der Waals surface area contributed by atoms with Crippen LogP contribution in [0.2, 0.25) is 0 Å². The molecule has 0 unspecified atom stereocenters. The summed E-state index contributed by atoms with van der Waals surface area (Å²) in [5, 5.41) is 5.80. The molecule has 1 aliphatic heterocycles. The maximum atomic E-state index is 12.6. The van der Waals surface area contributed by atoms with Crippen LogP contribution in [0.5, 0.6) is 0 Å². The van der Waals surface area contributed by atoms with Crippen LogP contribution < -0.4 is 10.6 Å². The Morgan fingerprint density at radius 1 is 1.24 bits per heavy atom. The molecular weight excluding hydrogens is 233 g/mol. The van der Waals surface area contributed by atoms with E-state index in [1.807, 2.05) is 0 Å². The Kier molecular flexibility index (Phi) is 3.95. The van der Waals surface area contributed by atoms with Crippen LogP contribution in [-0.2, 0) is 4.74 Å². The molecule has 6 heteroatoms. The molecule has 0 bridgehead atoms. The van der Waals surface area contributed by atoms with Crippen molar-refractivity contribution in [3.63, 3.8) is 0 Å². The number of hydrogen-bond acceptors (Lipinski definition) is 3. The van der Waals surface area contributed by atoms with Crippen molar-refractivity contribution in [2.75, 3.05) is 26.2 Å². The van der Waals surface area contributed by atoms with Gasteiger partial charge in [0.1, 0.15) is 5.54 Å². The summed E-state index contributed by atoms with van der Waals surface area (Å²) < 4.78 is 43.2. The molecule has 2 aliphatic rings. The molecule has 0 aromatic carbocycles. The van der Waals surface area contributed by atoms with Gasteiger partial charge in [0.15, 0.2) is 0 Å². The van der Waals surface area contributed by atoms with Crippen LogP contribution in [-0.4, -0.2) is 44.1 Å². The summed E-state index contributed by atoms with van der Waals surface area (Å²) in [4.78, 5) is 0. The summed E-state index contributed by atoms with van der Waals surface area (Å²) in [6.45, 7) is 2.51. The van der Waals surface area contributed by atoms with Crippen molar-refractivity contribution in [3.8, 4) is 0 Å². The molecule has 100 valence electrons. The van der Waals surface area contributed by atoms with Crippen LogP contribution in [0.3, 0.4) is 0 Å². The highest BCUT2D eigenvalue weighted by Gasteiger charge is 2.62. The lowest BCUT2D eigenvalue weighted by atomic mass is 10.1. The first-order valence-electron chi connectivity index (χ1n) is 6.18. The molecule has 3 nitrogen and oxygen atoms in total. The number of nitrogens with one attached hydrogen (secondary N) is 2. The Labute approximate surface area is 99.1 Å². The molecule has 0 aromatic rings. The first-order chi connectivity index (χ1) is 8.04. The van der Waals surface area contributed by atoms with Crippen molar-refractivity contribution in [1.82, 2.24) is 10.6 Å². The fourth-order valence-electron chi connectivity index (χ4n) is 2.16. The van der Waals surface area contributed by atoms with Crippen molar-refractivity contribution >= 4 is 0 Å². The van der Waals surface area contributed by atoms with Crippen LogP contribution in [0, 0.1) is 0 Å². The average Bonchev–Trinajstić information content (AvgIpc) is 3.06. The van der Waals surface area contributed by atoms with E-state index in [0.29, 0.717) is 6.61 Å². The second-order valence-corrected chi connectivity index (χ2v) is 4.83. The molecule has 17 heavy (non-hydrogen) atoms. The van der Waals surface area contributed by atoms with Crippen molar-refractivity contribution in [3.05, 3.63) is 0 Å². The molecule has 1 heterocycles. The van der Waals surface area contributed by atoms with Gasteiger partial charge in [0.25, 0.3) is 0 Å². The number of ether oxygens (including phenoxy) is 1. The number of piperidine rings is 1. The van der Waals surface area contributed by atoms with Crippen molar-refractivity contribution in [2.45, 2.75) is 43.5 Å². The lowest BCUT2D eigenvalue weighted by Crippen LogP contribution is -2.46. The lowest BCUT2D eigenvalue weighted by Gasteiger charge is -2.24. The quantitative estimate of drug-likeness (QED) is 0.726. The van der Waals surface area contributed by atoms with E-state index in [4.69, 9.17) is 4.74 Å². The molecule has 2 N–H and O–H groups in total. The summed E-state index contributed by atoms with van der Waals surface area (Å²) >= 11 is 0. The van der Waals surface area contributed by atoms with Gasteiger partial charge in [-0.15, -0.1) is 0 Å². The van der Waals surface area contributed by atoms with Crippen LogP contribution in [0.4, 0.5) is 13.2 Å². The van der Waals surface area contributed by atoms with Gasteiger partial charge in [0.2, 0.25) is 0 Å². The Morgan fingerprint density at radius 3 is 2.41 bits per heavy atom.